The average Bonchev–Trinajstić information content (AvgIpc) is 2.75. The average molecular weight is 413 g/mol. The van der Waals surface area contributed by atoms with Gasteiger partial charge >= 0.3 is 0 Å². The van der Waals surface area contributed by atoms with Crippen LogP contribution in [0.15, 0.2) is 0 Å². The second kappa shape index (κ2) is 14.4. The van der Waals surface area contributed by atoms with Crippen molar-refractivity contribution in [2.75, 3.05) is 0 Å². The molecule has 0 N–H and O–H groups in total. The number of unbranched alkanes of at least 4 members (excludes halogenated alkanes) is 3. The van der Waals surface area contributed by atoms with Crippen LogP contribution >= 0.6 is 7.92 Å². The first-order valence-electron chi connectivity index (χ1n) is 13.2. The molecule has 0 heterocycles. The Balaban J connectivity index is 6.67. The van der Waals surface area contributed by atoms with Crippen molar-refractivity contribution in [2.24, 2.45) is 0 Å². The van der Waals surface area contributed by atoms with E-state index < -0.39 is 0 Å². The van der Waals surface area contributed by atoms with Crippen molar-refractivity contribution in [1.82, 2.24) is 0 Å². The van der Waals surface area contributed by atoms with E-state index in [9.17, 15) is 0 Å². The number of hydrogen-bond acceptors (Lipinski definition) is 0. The van der Waals surface area contributed by atoms with E-state index in [4.69, 9.17) is 0 Å². The van der Waals surface area contributed by atoms with Crippen molar-refractivity contribution in [3.8, 4) is 0 Å². The summed E-state index contributed by atoms with van der Waals surface area (Å²) in [5, 5.41) is 1.76. The second-order valence-corrected chi connectivity index (χ2v) is 13.0. The lowest BCUT2D eigenvalue weighted by atomic mass is 9.92. The Labute approximate surface area is 182 Å². The molecule has 0 atom stereocenters. The van der Waals surface area contributed by atoms with Crippen molar-refractivity contribution in [2.45, 2.75) is 174 Å². The Kier molecular flexibility index (Phi) is 14.7. The maximum atomic E-state index is 2.54. The van der Waals surface area contributed by atoms with Gasteiger partial charge < -0.3 is 0 Å². The molecule has 0 aromatic carbocycles. The fraction of sp³-hybridized carbons (Fsp3) is 1.00. The van der Waals surface area contributed by atoms with Crippen LogP contribution in [0.4, 0.5) is 0 Å². The largest absolute Gasteiger partial charge is 0.0877 e. The number of hydrogen-bond donors (Lipinski definition) is 0. The third-order valence-electron chi connectivity index (χ3n) is 8.36. The van der Waals surface area contributed by atoms with E-state index in [0.717, 1.165) is 0 Å². The van der Waals surface area contributed by atoms with Gasteiger partial charge in [0.15, 0.2) is 0 Å². The highest BCUT2D eigenvalue weighted by Crippen LogP contribution is 2.76. The van der Waals surface area contributed by atoms with Crippen LogP contribution in [-0.4, -0.2) is 15.5 Å². The summed E-state index contributed by atoms with van der Waals surface area (Å²) in [6, 6.07) is 0. The maximum absolute atomic E-state index is 2.54. The Morgan fingerprint density at radius 2 is 0.607 bits per heavy atom. The fourth-order valence-electron chi connectivity index (χ4n) is 6.12. The summed E-state index contributed by atoms with van der Waals surface area (Å²) in [5.74, 6) is 0. The Bertz CT molecular complexity index is 303. The van der Waals surface area contributed by atoms with Gasteiger partial charge in [0, 0.05) is 0 Å². The lowest BCUT2D eigenvalue weighted by Crippen LogP contribution is -2.47. The van der Waals surface area contributed by atoms with E-state index in [1.165, 1.54) is 96.3 Å². The molecule has 0 unspecified atom stereocenters. The van der Waals surface area contributed by atoms with Gasteiger partial charge in [0.2, 0.25) is 0 Å². The summed E-state index contributed by atoms with van der Waals surface area (Å²) in [6.45, 7) is 22.4. The molecule has 0 saturated heterocycles. The molecule has 0 spiro atoms. The minimum Gasteiger partial charge on any atom is -0.0877 e. The standard InChI is InChI=1S/C27H57P/c1-10-19-22-25(13-4,14-5)28(26(15-6,16-7)23-20-11-2)27(17-8,18-9)24-21-12-3/h10-24H2,1-9H3. The van der Waals surface area contributed by atoms with Crippen molar-refractivity contribution < 1.29 is 0 Å². The van der Waals surface area contributed by atoms with E-state index in [1.807, 2.05) is 0 Å². The lowest BCUT2D eigenvalue weighted by molar-refractivity contribution is 0.381. The molecule has 0 aromatic rings. The molecule has 0 saturated carbocycles. The van der Waals surface area contributed by atoms with Gasteiger partial charge in [-0.05, 0) is 73.3 Å². The normalized spacial score (nSPS) is 13.5. The van der Waals surface area contributed by atoms with E-state index in [1.54, 1.807) is 0 Å². The molecule has 0 bridgehead atoms. The van der Waals surface area contributed by atoms with Crippen molar-refractivity contribution in [1.29, 1.82) is 0 Å². The molecule has 0 aliphatic rings. The van der Waals surface area contributed by atoms with Crippen LogP contribution in [0, 0.1) is 0 Å². The van der Waals surface area contributed by atoms with Crippen LogP contribution in [0.2, 0.25) is 0 Å². The van der Waals surface area contributed by atoms with E-state index in [0.29, 0.717) is 15.5 Å². The molecule has 0 rings (SSSR count). The molecular formula is C27H57P. The molecule has 0 aromatic heterocycles. The topological polar surface area (TPSA) is 0 Å². The number of rotatable bonds is 18. The fourth-order valence-corrected chi connectivity index (χ4v) is 12.2. The Morgan fingerprint density at radius 1 is 0.393 bits per heavy atom. The quantitative estimate of drug-likeness (QED) is 0.196. The first-order valence-corrected chi connectivity index (χ1v) is 14.6. The highest BCUT2D eigenvalue weighted by atomic mass is 31.1. The van der Waals surface area contributed by atoms with Crippen LogP contribution in [0.3, 0.4) is 0 Å². The maximum Gasteiger partial charge on any atom is -0.00897 e. The van der Waals surface area contributed by atoms with Crippen molar-refractivity contribution in [3.63, 3.8) is 0 Å². The van der Waals surface area contributed by atoms with Crippen molar-refractivity contribution in [3.05, 3.63) is 0 Å². The molecule has 0 aliphatic carbocycles. The van der Waals surface area contributed by atoms with Gasteiger partial charge in [-0.2, -0.15) is 0 Å². The first kappa shape index (κ1) is 28.4. The highest BCUT2D eigenvalue weighted by molar-refractivity contribution is 7.62. The monoisotopic (exact) mass is 412 g/mol. The van der Waals surface area contributed by atoms with Gasteiger partial charge in [0.25, 0.3) is 0 Å². The first-order chi connectivity index (χ1) is 13.4. The molecule has 0 nitrogen and oxygen atoms in total. The van der Waals surface area contributed by atoms with Crippen molar-refractivity contribution >= 4 is 7.92 Å². The minimum atomic E-state index is -0.0392. The SMILES string of the molecule is CCCCC(CC)(CC)P(C(CC)(CC)CCCC)C(CC)(CC)CCCC. The van der Waals surface area contributed by atoms with Gasteiger partial charge in [0.1, 0.15) is 0 Å². The Hall–Kier alpha value is 0.430. The van der Waals surface area contributed by atoms with Gasteiger partial charge in [0.05, 0.1) is 0 Å². The zero-order valence-electron chi connectivity index (χ0n) is 21.6. The molecule has 0 radical (unpaired) electrons. The van der Waals surface area contributed by atoms with Crippen LogP contribution in [0.1, 0.15) is 159 Å². The molecule has 28 heavy (non-hydrogen) atoms. The minimum absolute atomic E-state index is 0.0392. The zero-order valence-corrected chi connectivity index (χ0v) is 22.4. The molecule has 0 fully saturated rings. The summed E-state index contributed by atoms with van der Waals surface area (Å²) in [5.41, 5.74) is 0. The van der Waals surface area contributed by atoms with E-state index in [-0.39, 0.29) is 7.92 Å². The molecule has 1 heteroatoms. The van der Waals surface area contributed by atoms with Gasteiger partial charge in [-0.1, -0.05) is 109 Å². The molecule has 170 valence electrons. The summed E-state index contributed by atoms with van der Waals surface area (Å²) in [6.07, 6.45) is 21.2. The molecule has 0 amide bonds. The van der Waals surface area contributed by atoms with Gasteiger partial charge in [-0.25, -0.2) is 0 Å². The summed E-state index contributed by atoms with van der Waals surface area (Å²) >= 11 is 0. The third kappa shape index (κ3) is 6.46. The zero-order chi connectivity index (χ0) is 21.7. The predicted octanol–water partition coefficient (Wildman–Crippen LogP) is 10.7. The van der Waals surface area contributed by atoms with Gasteiger partial charge in [-0.3, -0.25) is 0 Å². The third-order valence-corrected chi connectivity index (χ3v) is 13.8. The van der Waals surface area contributed by atoms with Crippen LogP contribution in [0.5, 0.6) is 0 Å². The summed E-state index contributed by atoms with van der Waals surface area (Å²) in [4.78, 5) is 0. The van der Waals surface area contributed by atoms with Crippen LogP contribution in [0.25, 0.3) is 0 Å². The highest BCUT2D eigenvalue weighted by Gasteiger charge is 2.54. The van der Waals surface area contributed by atoms with Gasteiger partial charge in [-0.15, -0.1) is 0 Å². The summed E-state index contributed by atoms with van der Waals surface area (Å²) < 4.78 is 0. The second-order valence-electron chi connectivity index (χ2n) is 9.44. The van der Waals surface area contributed by atoms with Crippen LogP contribution < -0.4 is 0 Å². The summed E-state index contributed by atoms with van der Waals surface area (Å²) in [7, 11) is -0.0392. The predicted molar refractivity (Wildman–Crippen MR) is 135 cm³/mol. The van der Waals surface area contributed by atoms with Crippen LogP contribution in [-0.2, 0) is 0 Å². The van der Waals surface area contributed by atoms with E-state index in [2.05, 4.69) is 62.3 Å². The lowest BCUT2D eigenvalue weighted by Gasteiger charge is -2.60. The molecule has 0 aliphatic heterocycles. The Morgan fingerprint density at radius 3 is 0.750 bits per heavy atom. The smallest absolute Gasteiger partial charge is 0.00897 e. The van der Waals surface area contributed by atoms with E-state index >= 15 is 0 Å². The molecular weight excluding hydrogens is 355 g/mol.